The first-order valence-corrected chi connectivity index (χ1v) is 8.50. The summed E-state index contributed by atoms with van der Waals surface area (Å²) in [7, 11) is 0. The molecule has 1 aliphatic rings. The minimum Gasteiger partial charge on any atom is -0.287 e. The minimum atomic E-state index is -0.813. The van der Waals surface area contributed by atoms with Gasteiger partial charge < -0.3 is 0 Å². The highest BCUT2D eigenvalue weighted by atomic mass is 35.5. The van der Waals surface area contributed by atoms with Crippen LogP contribution in [-0.4, -0.2) is 23.8 Å². The molecular weight excluding hydrogens is 354 g/mol. The van der Waals surface area contributed by atoms with Crippen LogP contribution in [0.15, 0.2) is 42.5 Å². The van der Waals surface area contributed by atoms with Crippen LogP contribution in [0.4, 0.5) is 5.69 Å². The number of nitrogens with zero attached hydrogens (tertiary/aromatic N) is 1. The van der Waals surface area contributed by atoms with Gasteiger partial charge in [0.15, 0.2) is 0 Å². The number of hydrazine groups is 1. The second kappa shape index (κ2) is 7.27. The van der Waals surface area contributed by atoms with Gasteiger partial charge in [-0.15, -0.1) is 0 Å². The van der Waals surface area contributed by atoms with Gasteiger partial charge in [-0.25, -0.2) is 10.3 Å². The number of rotatable bonds is 4. The van der Waals surface area contributed by atoms with Crippen LogP contribution >= 0.6 is 11.6 Å². The first-order chi connectivity index (χ1) is 12.4. The molecule has 0 bridgehead atoms. The summed E-state index contributed by atoms with van der Waals surface area (Å²) in [6, 6.07) is 11.0. The van der Waals surface area contributed by atoms with Gasteiger partial charge in [0, 0.05) is 10.6 Å². The minimum absolute atomic E-state index is 0.0262. The number of hydrogen-bond acceptors (Lipinski definition) is 4. The molecule has 0 aromatic heterocycles. The van der Waals surface area contributed by atoms with E-state index in [1.54, 1.807) is 30.3 Å². The first-order valence-electron chi connectivity index (χ1n) is 8.12. The second-order valence-corrected chi connectivity index (χ2v) is 6.64. The average molecular weight is 372 g/mol. The molecule has 0 spiro atoms. The fourth-order valence-electron chi connectivity index (χ4n) is 2.74. The average Bonchev–Trinajstić information content (AvgIpc) is 2.89. The molecule has 3 rings (SSSR count). The third-order valence-corrected chi connectivity index (χ3v) is 4.58. The normalized spacial score (nSPS) is 16.9. The van der Waals surface area contributed by atoms with Crippen LogP contribution in [0.25, 0.3) is 0 Å². The molecule has 1 heterocycles. The Morgan fingerprint density at radius 2 is 1.88 bits per heavy atom. The summed E-state index contributed by atoms with van der Waals surface area (Å²) < 4.78 is 0. The van der Waals surface area contributed by atoms with Crippen molar-refractivity contribution in [2.75, 3.05) is 4.90 Å². The summed E-state index contributed by atoms with van der Waals surface area (Å²) in [5.74, 6) is -1.14. The monoisotopic (exact) mass is 371 g/mol. The molecule has 7 heteroatoms. The summed E-state index contributed by atoms with van der Waals surface area (Å²) in [6.45, 7) is 3.88. The van der Waals surface area contributed by atoms with Gasteiger partial charge in [-0.3, -0.25) is 19.8 Å². The fraction of sp³-hybridized carbons (Fsp3) is 0.211. The lowest BCUT2D eigenvalue weighted by molar-refractivity contribution is -0.121. The van der Waals surface area contributed by atoms with Crippen molar-refractivity contribution in [1.82, 2.24) is 10.9 Å². The van der Waals surface area contributed by atoms with Gasteiger partial charge in [0.1, 0.15) is 6.04 Å². The maximum atomic E-state index is 12.6. The Hall–Kier alpha value is -2.70. The van der Waals surface area contributed by atoms with Gasteiger partial charge >= 0.3 is 0 Å². The van der Waals surface area contributed by atoms with E-state index >= 15 is 0 Å². The predicted octanol–water partition coefficient (Wildman–Crippen LogP) is 2.52. The number of imide groups is 1. The highest BCUT2D eigenvalue weighted by Gasteiger charge is 2.39. The molecule has 6 nitrogen and oxygen atoms in total. The molecule has 1 aliphatic heterocycles. The van der Waals surface area contributed by atoms with E-state index in [2.05, 4.69) is 10.9 Å². The van der Waals surface area contributed by atoms with Crippen LogP contribution in [0.5, 0.6) is 0 Å². The van der Waals surface area contributed by atoms with Crippen molar-refractivity contribution < 1.29 is 14.4 Å². The Labute approximate surface area is 156 Å². The number of hydrogen-bond donors (Lipinski definition) is 2. The number of carbonyl (C=O) groups is 3. The maximum Gasteiger partial charge on any atom is 0.265 e. The smallest absolute Gasteiger partial charge is 0.265 e. The van der Waals surface area contributed by atoms with E-state index in [1.165, 1.54) is 6.07 Å². The first kappa shape index (κ1) is 18.1. The Morgan fingerprint density at radius 3 is 2.58 bits per heavy atom. The molecule has 134 valence electrons. The molecule has 0 radical (unpaired) electrons. The number of aryl methyl sites for hydroxylation is 2. The highest BCUT2D eigenvalue weighted by molar-refractivity contribution is 6.31. The van der Waals surface area contributed by atoms with Crippen LogP contribution in [-0.2, 0) is 9.59 Å². The topological polar surface area (TPSA) is 78.5 Å². The van der Waals surface area contributed by atoms with E-state index < -0.39 is 17.9 Å². The SMILES string of the molecule is Cc1ccc(N2C(=O)C[C@H](NNC(=O)c3cccc(Cl)c3)C2=O)cc1C. The largest absolute Gasteiger partial charge is 0.287 e. The summed E-state index contributed by atoms with van der Waals surface area (Å²) in [5, 5.41) is 0.436. The number of halogens is 1. The quantitative estimate of drug-likeness (QED) is 0.639. The molecule has 1 saturated heterocycles. The van der Waals surface area contributed by atoms with Crippen LogP contribution in [0.3, 0.4) is 0 Å². The third-order valence-electron chi connectivity index (χ3n) is 4.34. The van der Waals surface area contributed by atoms with Crippen molar-refractivity contribution in [2.45, 2.75) is 26.3 Å². The van der Waals surface area contributed by atoms with Crippen molar-refractivity contribution in [3.05, 3.63) is 64.2 Å². The summed E-state index contributed by atoms with van der Waals surface area (Å²) in [6.07, 6.45) is -0.0262. The summed E-state index contributed by atoms with van der Waals surface area (Å²) in [4.78, 5) is 38.2. The van der Waals surface area contributed by atoms with Crippen molar-refractivity contribution in [3.63, 3.8) is 0 Å². The Kier molecular flexibility index (Phi) is 5.06. The van der Waals surface area contributed by atoms with Crippen molar-refractivity contribution in [2.24, 2.45) is 0 Å². The third kappa shape index (κ3) is 3.61. The number of nitrogens with one attached hydrogen (secondary N) is 2. The summed E-state index contributed by atoms with van der Waals surface area (Å²) in [5.41, 5.74) is 8.08. The predicted molar refractivity (Wildman–Crippen MR) is 98.9 cm³/mol. The molecule has 0 unspecified atom stereocenters. The molecule has 1 atom stereocenters. The lowest BCUT2D eigenvalue weighted by Gasteiger charge is -2.17. The highest BCUT2D eigenvalue weighted by Crippen LogP contribution is 2.25. The molecule has 2 aromatic carbocycles. The summed E-state index contributed by atoms with van der Waals surface area (Å²) >= 11 is 5.86. The van der Waals surface area contributed by atoms with E-state index in [9.17, 15) is 14.4 Å². The van der Waals surface area contributed by atoms with E-state index in [1.807, 2.05) is 19.9 Å². The molecule has 2 N–H and O–H groups in total. The van der Waals surface area contributed by atoms with E-state index in [0.29, 0.717) is 16.3 Å². The van der Waals surface area contributed by atoms with Crippen LogP contribution in [0.1, 0.15) is 27.9 Å². The Morgan fingerprint density at radius 1 is 1.12 bits per heavy atom. The Balaban J connectivity index is 1.69. The molecule has 0 aliphatic carbocycles. The van der Waals surface area contributed by atoms with Crippen LogP contribution in [0, 0.1) is 13.8 Å². The Bertz CT molecular complexity index is 897. The fourth-order valence-corrected chi connectivity index (χ4v) is 2.93. The zero-order valence-electron chi connectivity index (χ0n) is 14.4. The van der Waals surface area contributed by atoms with E-state index in [0.717, 1.165) is 16.0 Å². The number of amides is 3. The molecule has 26 heavy (non-hydrogen) atoms. The lowest BCUT2D eigenvalue weighted by atomic mass is 10.1. The molecular formula is C19H18ClN3O3. The van der Waals surface area contributed by atoms with Crippen LogP contribution < -0.4 is 15.8 Å². The number of benzene rings is 2. The van der Waals surface area contributed by atoms with Gasteiger partial charge in [-0.2, -0.15) is 0 Å². The number of carbonyl (C=O) groups excluding carboxylic acids is 3. The molecule has 0 saturated carbocycles. The van der Waals surface area contributed by atoms with Gasteiger partial charge in [-0.05, 0) is 55.3 Å². The molecule has 2 aromatic rings. The zero-order valence-corrected chi connectivity index (χ0v) is 15.1. The van der Waals surface area contributed by atoms with Crippen molar-refractivity contribution in [1.29, 1.82) is 0 Å². The second-order valence-electron chi connectivity index (χ2n) is 6.20. The van der Waals surface area contributed by atoms with Crippen molar-refractivity contribution >= 4 is 35.0 Å². The van der Waals surface area contributed by atoms with Gasteiger partial charge in [-0.1, -0.05) is 23.7 Å². The zero-order chi connectivity index (χ0) is 18.8. The van der Waals surface area contributed by atoms with Gasteiger partial charge in [0.25, 0.3) is 11.8 Å². The maximum absolute atomic E-state index is 12.6. The lowest BCUT2D eigenvalue weighted by Crippen LogP contribution is -2.48. The van der Waals surface area contributed by atoms with Gasteiger partial charge in [0.2, 0.25) is 5.91 Å². The van der Waals surface area contributed by atoms with Crippen LogP contribution in [0.2, 0.25) is 5.02 Å². The van der Waals surface area contributed by atoms with Gasteiger partial charge in [0.05, 0.1) is 12.1 Å². The molecule has 1 fully saturated rings. The standard InChI is InChI=1S/C19H18ClN3O3/c1-11-6-7-15(8-12(11)2)23-17(24)10-16(19(23)26)21-22-18(25)13-4-3-5-14(20)9-13/h3-9,16,21H,10H2,1-2H3,(H,22,25)/t16-/m0/s1. The molecule has 3 amide bonds. The number of anilines is 1. The van der Waals surface area contributed by atoms with E-state index in [4.69, 9.17) is 11.6 Å². The van der Waals surface area contributed by atoms with Crippen molar-refractivity contribution in [3.8, 4) is 0 Å². The van der Waals surface area contributed by atoms with E-state index in [-0.39, 0.29) is 12.3 Å².